The van der Waals surface area contributed by atoms with E-state index in [2.05, 4.69) is 10.1 Å². The van der Waals surface area contributed by atoms with E-state index in [4.69, 9.17) is 18.7 Å². The Morgan fingerprint density at radius 1 is 1.11 bits per heavy atom. The highest BCUT2D eigenvalue weighted by molar-refractivity contribution is 5.89. The molecule has 0 aliphatic heterocycles. The van der Waals surface area contributed by atoms with E-state index in [1.54, 1.807) is 18.2 Å². The third kappa shape index (κ3) is 4.06. The van der Waals surface area contributed by atoms with Crippen LogP contribution in [0.2, 0.25) is 0 Å². The van der Waals surface area contributed by atoms with Gasteiger partial charge in [-0.15, -0.1) is 0 Å². The van der Waals surface area contributed by atoms with Crippen molar-refractivity contribution in [1.82, 2.24) is 10.1 Å². The average Bonchev–Trinajstić information content (AvgIpc) is 3.20. The van der Waals surface area contributed by atoms with Crippen LogP contribution in [0.5, 0.6) is 11.5 Å². The number of benzene rings is 2. The first-order chi connectivity index (χ1) is 13.5. The van der Waals surface area contributed by atoms with E-state index in [0.29, 0.717) is 22.9 Å². The fraction of sp³-hybridized carbons (Fsp3) is 0.167. The molecular formula is C18H15N3O7. The number of rotatable bonds is 7. The first kappa shape index (κ1) is 18.8. The molecule has 2 aromatic carbocycles. The molecule has 0 spiro atoms. The number of methoxy groups -OCH3 is 2. The zero-order valence-electron chi connectivity index (χ0n) is 14.9. The maximum atomic E-state index is 12.0. The molecule has 0 aliphatic carbocycles. The summed E-state index contributed by atoms with van der Waals surface area (Å²) in [5.41, 5.74) is 0.688. The van der Waals surface area contributed by atoms with Gasteiger partial charge in [0.15, 0.2) is 18.1 Å². The minimum Gasteiger partial charge on any atom is -0.493 e. The number of nitro benzene ring substituents is 1. The Labute approximate surface area is 158 Å². The number of non-ortho nitro benzene ring substituents is 1. The second-order valence-corrected chi connectivity index (χ2v) is 5.46. The van der Waals surface area contributed by atoms with Crippen molar-refractivity contribution >= 4 is 11.7 Å². The third-order valence-corrected chi connectivity index (χ3v) is 3.75. The number of carbonyl (C=O) groups is 1. The van der Waals surface area contributed by atoms with Crippen LogP contribution in [0.15, 0.2) is 47.0 Å². The highest BCUT2D eigenvalue weighted by Crippen LogP contribution is 2.31. The van der Waals surface area contributed by atoms with E-state index in [-0.39, 0.29) is 23.7 Å². The Bertz CT molecular complexity index is 999. The molecule has 10 heteroatoms. The lowest BCUT2D eigenvalue weighted by atomic mass is 10.2. The van der Waals surface area contributed by atoms with Crippen molar-refractivity contribution in [2.45, 2.75) is 6.61 Å². The highest BCUT2D eigenvalue weighted by atomic mass is 16.6. The van der Waals surface area contributed by atoms with Gasteiger partial charge in [-0.3, -0.25) is 10.1 Å². The highest BCUT2D eigenvalue weighted by Gasteiger charge is 2.15. The predicted molar refractivity (Wildman–Crippen MR) is 95.1 cm³/mol. The van der Waals surface area contributed by atoms with Crippen LogP contribution in [0.25, 0.3) is 11.4 Å². The van der Waals surface area contributed by atoms with Crippen molar-refractivity contribution in [3.8, 4) is 22.9 Å². The zero-order chi connectivity index (χ0) is 20.1. The van der Waals surface area contributed by atoms with Crippen molar-refractivity contribution in [2.24, 2.45) is 0 Å². The maximum absolute atomic E-state index is 12.0. The van der Waals surface area contributed by atoms with Gasteiger partial charge in [-0.25, -0.2) is 4.79 Å². The molecule has 0 N–H and O–H groups in total. The molecule has 3 aromatic rings. The van der Waals surface area contributed by atoms with Gasteiger partial charge in [-0.1, -0.05) is 5.16 Å². The van der Waals surface area contributed by atoms with E-state index in [0.717, 1.165) is 0 Å². The number of carbonyl (C=O) groups excluding carboxylic acids is 1. The second-order valence-electron chi connectivity index (χ2n) is 5.46. The van der Waals surface area contributed by atoms with Crippen LogP contribution >= 0.6 is 0 Å². The van der Waals surface area contributed by atoms with Crippen LogP contribution in [0.4, 0.5) is 5.69 Å². The molecule has 3 rings (SSSR count). The molecule has 28 heavy (non-hydrogen) atoms. The number of esters is 1. The fourth-order valence-electron chi connectivity index (χ4n) is 2.34. The molecule has 0 fully saturated rings. The van der Waals surface area contributed by atoms with E-state index < -0.39 is 10.9 Å². The van der Waals surface area contributed by atoms with Crippen LogP contribution in [0.1, 0.15) is 16.2 Å². The molecule has 1 aromatic heterocycles. The van der Waals surface area contributed by atoms with Gasteiger partial charge in [0.05, 0.1) is 24.7 Å². The van der Waals surface area contributed by atoms with Gasteiger partial charge in [0.2, 0.25) is 5.82 Å². The summed E-state index contributed by atoms with van der Waals surface area (Å²) >= 11 is 0. The Balaban J connectivity index is 1.66. The van der Waals surface area contributed by atoms with Crippen LogP contribution in [0, 0.1) is 10.1 Å². The molecule has 0 bridgehead atoms. The summed E-state index contributed by atoms with van der Waals surface area (Å²) in [5, 5.41) is 14.5. The van der Waals surface area contributed by atoms with Crippen LogP contribution in [-0.2, 0) is 11.3 Å². The van der Waals surface area contributed by atoms with Gasteiger partial charge < -0.3 is 18.7 Å². The SMILES string of the molecule is COc1ccc(-c2noc(COC(=O)c3ccc([N+](=O)[O-])cc3)n2)cc1OC. The van der Waals surface area contributed by atoms with E-state index in [9.17, 15) is 14.9 Å². The van der Waals surface area contributed by atoms with Crippen molar-refractivity contribution in [2.75, 3.05) is 14.2 Å². The molecule has 0 amide bonds. The first-order valence-corrected chi connectivity index (χ1v) is 7.98. The van der Waals surface area contributed by atoms with Crippen molar-refractivity contribution in [1.29, 1.82) is 0 Å². The molecule has 0 saturated carbocycles. The first-order valence-electron chi connectivity index (χ1n) is 7.98. The summed E-state index contributed by atoms with van der Waals surface area (Å²) in [6.45, 7) is -0.240. The van der Waals surface area contributed by atoms with Gasteiger partial charge in [-0.2, -0.15) is 4.98 Å². The van der Waals surface area contributed by atoms with Gasteiger partial charge in [0.25, 0.3) is 11.6 Å². The molecule has 0 atom stereocenters. The number of nitro groups is 1. The minimum absolute atomic E-state index is 0.0973. The molecule has 1 heterocycles. The minimum atomic E-state index is -0.666. The van der Waals surface area contributed by atoms with E-state index >= 15 is 0 Å². The Morgan fingerprint density at radius 2 is 1.82 bits per heavy atom. The van der Waals surface area contributed by atoms with Crippen LogP contribution < -0.4 is 9.47 Å². The largest absolute Gasteiger partial charge is 0.493 e. The molecule has 0 saturated heterocycles. The van der Waals surface area contributed by atoms with Gasteiger partial charge in [0, 0.05) is 17.7 Å². The summed E-state index contributed by atoms with van der Waals surface area (Å²) in [4.78, 5) is 26.3. The topological polar surface area (TPSA) is 127 Å². The van der Waals surface area contributed by atoms with Crippen LogP contribution in [-0.4, -0.2) is 35.3 Å². The quantitative estimate of drug-likeness (QED) is 0.342. The molecule has 144 valence electrons. The number of hydrogen-bond acceptors (Lipinski definition) is 9. The molecule has 0 radical (unpaired) electrons. The summed E-state index contributed by atoms with van der Waals surface area (Å²) in [7, 11) is 3.05. The lowest BCUT2D eigenvalue weighted by Gasteiger charge is -2.07. The fourth-order valence-corrected chi connectivity index (χ4v) is 2.34. The van der Waals surface area contributed by atoms with Crippen molar-refractivity contribution in [3.05, 3.63) is 64.0 Å². The van der Waals surface area contributed by atoms with E-state index in [1.807, 2.05) is 0 Å². The molecule has 10 nitrogen and oxygen atoms in total. The number of aromatic nitrogens is 2. The summed E-state index contributed by atoms with van der Waals surface area (Å²) in [6.07, 6.45) is 0. The Morgan fingerprint density at radius 3 is 2.46 bits per heavy atom. The van der Waals surface area contributed by atoms with Gasteiger partial charge >= 0.3 is 5.97 Å². The van der Waals surface area contributed by atoms with Crippen molar-refractivity contribution < 1.29 is 28.5 Å². The molecular weight excluding hydrogens is 370 g/mol. The monoisotopic (exact) mass is 385 g/mol. The summed E-state index contributed by atoms with van der Waals surface area (Å²) in [6, 6.07) is 10.2. The second kappa shape index (κ2) is 8.16. The molecule has 0 aliphatic rings. The normalized spacial score (nSPS) is 10.4. The smallest absolute Gasteiger partial charge is 0.338 e. The average molecular weight is 385 g/mol. The van der Waals surface area contributed by atoms with E-state index in [1.165, 1.54) is 38.5 Å². The lowest BCUT2D eigenvalue weighted by molar-refractivity contribution is -0.384. The number of hydrogen-bond donors (Lipinski definition) is 0. The summed E-state index contributed by atoms with van der Waals surface area (Å²) in [5.74, 6) is 0.797. The predicted octanol–water partition coefficient (Wildman–Crippen LogP) is 3.02. The Kier molecular flexibility index (Phi) is 5.49. The zero-order valence-corrected chi connectivity index (χ0v) is 14.9. The molecule has 0 unspecified atom stereocenters. The number of ether oxygens (including phenoxy) is 3. The lowest BCUT2D eigenvalue weighted by Crippen LogP contribution is -2.05. The van der Waals surface area contributed by atoms with Crippen LogP contribution in [0.3, 0.4) is 0 Å². The van der Waals surface area contributed by atoms with Crippen molar-refractivity contribution in [3.63, 3.8) is 0 Å². The standard InChI is InChI=1S/C18H15N3O7/c1-25-14-8-5-12(9-15(14)26-2)17-19-16(28-20-17)10-27-18(22)11-3-6-13(7-4-11)21(23)24/h3-9H,10H2,1-2H3. The summed E-state index contributed by atoms with van der Waals surface area (Å²) < 4.78 is 20.6. The van der Waals surface area contributed by atoms with Gasteiger partial charge in [0.1, 0.15) is 0 Å². The van der Waals surface area contributed by atoms with Gasteiger partial charge in [-0.05, 0) is 30.3 Å². The third-order valence-electron chi connectivity index (χ3n) is 3.75. The maximum Gasteiger partial charge on any atom is 0.338 e. The number of nitrogens with zero attached hydrogens (tertiary/aromatic N) is 3. The Hall–Kier alpha value is -3.95.